The molecular formula is C14H14ClN3O3. The number of nitrogens with two attached hydrogens (primary N) is 2. The number of carbonyl (C=O) groups is 1. The highest BCUT2D eigenvalue weighted by molar-refractivity contribution is 6.35. The second-order valence-corrected chi connectivity index (χ2v) is 4.58. The second-order valence-electron chi connectivity index (χ2n) is 4.20. The number of methoxy groups -OCH3 is 2. The Kier molecular flexibility index (Phi) is 4.18. The Morgan fingerprint density at radius 3 is 2.48 bits per heavy atom. The minimum absolute atomic E-state index is 0.0515. The number of carbonyl (C=O) groups excluding carboxylic acids is 1. The van der Waals surface area contributed by atoms with E-state index >= 15 is 0 Å². The zero-order chi connectivity index (χ0) is 15.6. The topological polar surface area (TPSA) is 100 Å². The largest absolute Gasteiger partial charge is 0.497 e. The van der Waals surface area contributed by atoms with Gasteiger partial charge in [0.05, 0.1) is 30.6 Å². The van der Waals surface area contributed by atoms with Crippen LogP contribution in [-0.2, 0) is 4.74 Å². The summed E-state index contributed by atoms with van der Waals surface area (Å²) >= 11 is 5.97. The molecule has 0 bridgehead atoms. The van der Waals surface area contributed by atoms with Gasteiger partial charge in [0.2, 0.25) is 0 Å². The molecular weight excluding hydrogens is 294 g/mol. The molecule has 2 aromatic rings. The van der Waals surface area contributed by atoms with E-state index in [4.69, 9.17) is 27.8 Å². The molecule has 0 atom stereocenters. The molecule has 0 amide bonds. The van der Waals surface area contributed by atoms with Gasteiger partial charge in [0, 0.05) is 17.3 Å². The number of hydrogen-bond acceptors (Lipinski definition) is 6. The van der Waals surface area contributed by atoms with E-state index in [1.165, 1.54) is 7.11 Å². The average molecular weight is 308 g/mol. The molecule has 110 valence electrons. The Balaban J connectivity index is 2.59. The van der Waals surface area contributed by atoms with Crippen molar-refractivity contribution in [1.29, 1.82) is 0 Å². The highest BCUT2D eigenvalue weighted by Crippen LogP contribution is 2.32. The van der Waals surface area contributed by atoms with Crippen LogP contribution in [0.2, 0.25) is 5.02 Å². The van der Waals surface area contributed by atoms with E-state index in [1.54, 1.807) is 31.4 Å². The highest BCUT2D eigenvalue weighted by atomic mass is 35.5. The highest BCUT2D eigenvalue weighted by Gasteiger charge is 2.18. The number of anilines is 2. The second kappa shape index (κ2) is 5.88. The smallest absolute Gasteiger partial charge is 0.358 e. The number of aromatic nitrogens is 1. The first-order valence-corrected chi connectivity index (χ1v) is 6.34. The fourth-order valence-electron chi connectivity index (χ4n) is 1.82. The number of benzene rings is 1. The van der Waals surface area contributed by atoms with Gasteiger partial charge in [-0.05, 0) is 18.2 Å². The number of ether oxygens (including phenoxy) is 2. The van der Waals surface area contributed by atoms with Crippen molar-refractivity contribution in [3.63, 3.8) is 0 Å². The molecule has 1 aromatic carbocycles. The molecule has 0 radical (unpaired) electrons. The van der Waals surface area contributed by atoms with Gasteiger partial charge in [-0.25, -0.2) is 9.78 Å². The maximum Gasteiger partial charge on any atom is 0.358 e. The zero-order valence-electron chi connectivity index (χ0n) is 11.5. The van der Waals surface area contributed by atoms with Gasteiger partial charge in [-0.1, -0.05) is 11.6 Å². The molecule has 6 nitrogen and oxygen atoms in total. The molecule has 0 aliphatic heterocycles. The Bertz CT molecular complexity index is 704. The van der Waals surface area contributed by atoms with Crippen LogP contribution < -0.4 is 16.2 Å². The molecule has 0 fully saturated rings. The minimum Gasteiger partial charge on any atom is -0.497 e. The first kappa shape index (κ1) is 14.9. The minimum atomic E-state index is -0.666. The average Bonchev–Trinajstić information content (AvgIpc) is 2.49. The third-order valence-electron chi connectivity index (χ3n) is 2.90. The molecule has 0 spiro atoms. The lowest BCUT2D eigenvalue weighted by Crippen LogP contribution is -2.08. The van der Waals surface area contributed by atoms with Gasteiger partial charge in [-0.15, -0.1) is 0 Å². The van der Waals surface area contributed by atoms with Crippen LogP contribution in [-0.4, -0.2) is 25.2 Å². The summed E-state index contributed by atoms with van der Waals surface area (Å²) in [6, 6.07) is 6.66. The third kappa shape index (κ3) is 2.85. The van der Waals surface area contributed by atoms with Crippen LogP contribution in [0.4, 0.5) is 11.4 Å². The number of nitrogens with zero attached hydrogens (tertiary/aromatic N) is 1. The van der Waals surface area contributed by atoms with Gasteiger partial charge in [-0.2, -0.15) is 0 Å². The van der Waals surface area contributed by atoms with Crippen LogP contribution in [0.15, 0.2) is 24.3 Å². The summed E-state index contributed by atoms with van der Waals surface area (Å²) in [5.41, 5.74) is 13.4. The Morgan fingerprint density at radius 2 is 1.90 bits per heavy atom. The molecule has 1 heterocycles. The van der Waals surface area contributed by atoms with E-state index in [1.807, 2.05) is 0 Å². The molecule has 1 aromatic heterocycles. The summed E-state index contributed by atoms with van der Waals surface area (Å²) in [6.45, 7) is 0. The summed E-state index contributed by atoms with van der Waals surface area (Å²) in [4.78, 5) is 15.9. The number of hydrogen-bond donors (Lipinski definition) is 2. The first-order valence-electron chi connectivity index (χ1n) is 5.96. The van der Waals surface area contributed by atoms with Crippen LogP contribution >= 0.6 is 11.6 Å². The van der Waals surface area contributed by atoms with Crippen molar-refractivity contribution in [2.75, 3.05) is 25.7 Å². The number of pyridine rings is 1. The Morgan fingerprint density at radius 1 is 1.19 bits per heavy atom. The lowest BCUT2D eigenvalue weighted by Gasteiger charge is -2.11. The maximum atomic E-state index is 11.7. The van der Waals surface area contributed by atoms with Crippen LogP contribution in [0, 0.1) is 0 Å². The fourth-order valence-corrected chi connectivity index (χ4v) is 1.99. The van der Waals surface area contributed by atoms with E-state index in [2.05, 4.69) is 9.72 Å². The van der Waals surface area contributed by atoms with Gasteiger partial charge < -0.3 is 20.9 Å². The van der Waals surface area contributed by atoms with Crippen molar-refractivity contribution >= 4 is 28.9 Å². The van der Waals surface area contributed by atoms with E-state index in [0.717, 1.165) is 0 Å². The predicted octanol–water partition coefficient (Wildman–Crippen LogP) is 2.36. The molecule has 7 heteroatoms. The van der Waals surface area contributed by atoms with Crippen LogP contribution in [0.1, 0.15) is 10.5 Å². The van der Waals surface area contributed by atoms with Crippen LogP contribution in [0.3, 0.4) is 0 Å². The molecule has 0 unspecified atom stereocenters. The fraction of sp³-hybridized carbons (Fsp3) is 0.143. The Labute approximate surface area is 126 Å². The van der Waals surface area contributed by atoms with Gasteiger partial charge in [0.15, 0.2) is 5.69 Å². The lowest BCUT2D eigenvalue weighted by molar-refractivity contribution is 0.0594. The predicted molar refractivity (Wildman–Crippen MR) is 81.4 cm³/mol. The monoisotopic (exact) mass is 307 g/mol. The van der Waals surface area contributed by atoms with E-state index in [-0.39, 0.29) is 16.4 Å². The summed E-state index contributed by atoms with van der Waals surface area (Å²) in [7, 11) is 2.79. The normalized spacial score (nSPS) is 10.2. The SMILES string of the molecule is COC(=O)c1nc(-c2ccc(OC)cc2N)cc(N)c1Cl. The Hall–Kier alpha value is -2.47. The van der Waals surface area contributed by atoms with E-state index < -0.39 is 5.97 Å². The third-order valence-corrected chi connectivity index (χ3v) is 3.30. The maximum absolute atomic E-state index is 11.7. The number of halogens is 1. The summed E-state index contributed by atoms with van der Waals surface area (Å²) in [5.74, 6) is -0.0491. The van der Waals surface area contributed by atoms with Crippen molar-refractivity contribution in [1.82, 2.24) is 4.98 Å². The molecule has 0 saturated carbocycles. The van der Waals surface area contributed by atoms with E-state index in [9.17, 15) is 4.79 Å². The standard InChI is InChI=1S/C14H14ClN3O3/c1-20-7-3-4-8(9(16)5-7)11-6-10(17)12(15)13(18-11)14(19)21-2/h3-6H,16H2,1-2H3,(H2,17,18). The van der Waals surface area contributed by atoms with Crippen molar-refractivity contribution in [2.24, 2.45) is 0 Å². The van der Waals surface area contributed by atoms with Crippen molar-refractivity contribution < 1.29 is 14.3 Å². The zero-order valence-corrected chi connectivity index (χ0v) is 12.3. The molecule has 0 aliphatic carbocycles. The van der Waals surface area contributed by atoms with Crippen LogP contribution in [0.25, 0.3) is 11.3 Å². The van der Waals surface area contributed by atoms with Gasteiger partial charge in [0.25, 0.3) is 0 Å². The number of esters is 1. The quantitative estimate of drug-likeness (QED) is 0.667. The summed E-state index contributed by atoms with van der Waals surface area (Å²) in [6.07, 6.45) is 0. The van der Waals surface area contributed by atoms with Crippen molar-refractivity contribution in [3.8, 4) is 17.0 Å². The lowest BCUT2D eigenvalue weighted by atomic mass is 10.1. The van der Waals surface area contributed by atoms with Crippen molar-refractivity contribution in [2.45, 2.75) is 0 Å². The summed E-state index contributed by atoms with van der Waals surface area (Å²) in [5, 5.41) is 0.0534. The van der Waals surface area contributed by atoms with Crippen molar-refractivity contribution in [3.05, 3.63) is 35.0 Å². The number of nitrogen functional groups attached to an aromatic ring is 2. The number of rotatable bonds is 3. The molecule has 4 N–H and O–H groups in total. The molecule has 2 rings (SSSR count). The molecule has 0 saturated heterocycles. The van der Waals surface area contributed by atoms with E-state index in [0.29, 0.717) is 22.7 Å². The van der Waals surface area contributed by atoms with Crippen LogP contribution in [0.5, 0.6) is 5.75 Å². The summed E-state index contributed by atoms with van der Waals surface area (Å²) < 4.78 is 9.72. The van der Waals surface area contributed by atoms with Gasteiger partial charge >= 0.3 is 5.97 Å². The first-order chi connectivity index (χ1) is 9.97. The molecule has 21 heavy (non-hydrogen) atoms. The van der Waals surface area contributed by atoms with Gasteiger partial charge in [-0.3, -0.25) is 0 Å². The van der Waals surface area contributed by atoms with Gasteiger partial charge in [0.1, 0.15) is 5.75 Å². The molecule has 0 aliphatic rings.